The molecule has 0 aliphatic carbocycles. The van der Waals surface area contributed by atoms with Crippen LogP contribution in [0.25, 0.3) is 5.57 Å². The largest absolute Gasteiger partial charge is 0.294 e. The fraction of sp³-hybridized carbons (Fsp3) is 0.600. The number of hydrogen-bond donors (Lipinski definition) is 0. The van der Waals surface area contributed by atoms with Gasteiger partial charge in [-0.05, 0) is 57.7 Å². The number of hydrogen-bond acceptors (Lipinski definition) is 1. The lowest BCUT2D eigenvalue weighted by atomic mass is 9.89. The Morgan fingerprint density at radius 2 is 1.62 bits per heavy atom. The Bertz CT molecular complexity index is 477. The van der Waals surface area contributed by atoms with Crippen LogP contribution in [0.2, 0.25) is 0 Å². The molecule has 0 amide bonds. The number of benzene rings is 1. The second kappa shape index (κ2) is 7.79. The molecule has 21 heavy (non-hydrogen) atoms. The van der Waals surface area contributed by atoms with Gasteiger partial charge in [-0.1, -0.05) is 50.1 Å². The van der Waals surface area contributed by atoms with Gasteiger partial charge in [-0.25, -0.2) is 0 Å². The highest BCUT2D eigenvalue weighted by atomic mass is 15.2. The van der Waals surface area contributed by atoms with E-state index in [0.717, 1.165) is 6.54 Å². The maximum atomic E-state index is 2.57. The quantitative estimate of drug-likeness (QED) is 0.641. The van der Waals surface area contributed by atoms with E-state index in [2.05, 4.69) is 77.6 Å². The summed E-state index contributed by atoms with van der Waals surface area (Å²) >= 11 is 0. The zero-order valence-corrected chi connectivity index (χ0v) is 15.1. The average molecular weight is 287 g/mol. The van der Waals surface area contributed by atoms with Gasteiger partial charge in [0.25, 0.3) is 0 Å². The Kier molecular flexibility index (Phi) is 6.67. The van der Waals surface area contributed by atoms with E-state index in [1.807, 2.05) is 0 Å². The fourth-order valence-corrected chi connectivity index (χ4v) is 2.77. The Hall–Kier alpha value is -1.08. The molecular weight excluding hydrogens is 254 g/mol. The predicted octanol–water partition coefficient (Wildman–Crippen LogP) is 5.69. The summed E-state index contributed by atoms with van der Waals surface area (Å²) in [5.74, 6) is 0. The van der Waals surface area contributed by atoms with E-state index in [-0.39, 0.29) is 5.54 Å². The highest BCUT2D eigenvalue weighted by Gasteiger charge is 2.26. The Morgan fingerprint density at radius 1 is 1.05 bits per heavy atom. The third kappa shape index (κ3) is 5.00. The van der Waals surface area contributed by atoms with Crippen molar-refractivity contribution >= 4 is 5.57 Å². The van der Waals surface area contributed by atoms with Gasteiger partial charge >= 0.3 is 0 Å². The first-order chi connectivity index (χ1) is 9.81. The normalized spacial score (nSPS) is 16.5. The lowest BCUT2D eigenvalue weighted by molar-refractivity contribution is 0.148. The zero-order valence-electron chi connectivity index (χ0n) is 15.1. The molecular formula is C20H33N. The monoisotopic (exact) mass is 287 g/mol. The summed E-state index contributed by atoms with van der Waals surface area (Å²) in [6.45, 7) is 17.9. The van der Waals surface area contributed by atoms with Crippen molar-refractivity contribution in [2.45, 2.75) is 66.8 Å². The summed E-state index contributed by atoms with van der Waals surface area (Å²) in [7, 11) is 0. The molecule has 1 aromatic rings. The van der Waals surface area contributed by atoms with Crippen molar-refractivity contribution in [3.05, 3.63) is 41.0 Å². The molecule has 0 saturated heterocycles. The highest BCUT2D eigenvalue weighted by Crippen LogP contribution is 2.31. The summed E-state index contributed by atoms with van der Waals surface area (Å²) in [6.07, 6.45) is 2.42. The predicted molar refractivity (Wildman–Crippen MR) is 95.7 cm³/mol. The summed E-state index contributed by atoms with van der Waals surface area (Å²) in [6, 6.07) is 8.75. The van der Waals surface area contributed by atoms with Crippen LogP contribution in [-0.4, -0.2) is 23.5 Å². The van der Waals surface area contributed by atoms with Crippen LogP contribution in [0.15, 0.2) is 29.8 Å². The molecule has 1 aromatic carbocycles. The van der Waals surface area contributed by atoms with Crippen molar-refractivity contribution < 1.29 is 0 Å². The summed E-state index contributed by atoms with van der Waals surface area (Å²) in [5.41, 5.74) is 6.22. The van der Waals surface area contributed by atoms with Crippen molar-refractivity contribution in [3.63, 3.8) is 0 Å². The molecule has 0 saturated carbocycles. The van der Waals surface area contributed by atoms with Crippen molar-refractivity contribution in [3.8, 4) is 0 Å². The molecule has 1 aliphatic heterocycles. The second-order valence-electron chi connectivity index (χ2n) is 7.12. The van der Waals surface area contributed by atoms with Gasteiger partial charge in [-0.2, -0.15) is 0 Å². The lowest BCUT2D eigenvalue weighted by Crippen LogP contribution is -2.44. The SMILES string of the molecule is CC1=C(c2ccccc2C)CCN(C(C)(C)C)C1.CCC. The van der Waals surface area contributed by atoms with E-state index in [0.29, 0.717) is 0 Å². The molecule has 1 aliphatic rings. The molecule has 0 spiro atoms. The molecule has 0 fully saturated rings. The van der Waals surface area contributed by atoms with Gasteiger partial charge in [0.15, 0.2) is 0 Å². The van der Waals surface area contributed by atoms with Crippen LogP contribution in [0.1, 0.15) is 65.5 Å². The van der Waals surface area contributed by atoms with Crippen LogP contribution in [-0.2, 0) is 0 Å². The first-order valence-corrected chi connectivity index (χ1v) is 8.30. The van der Waals surface area contributed by atoms with Crippen LogP contribution in [0.5, 0.6) is 0 Å². The minimum atomic E-state index is 0.276. The second-order valence-corrected chi connectivity index (χ2v) is 7.12. The average Bonchev–Trinajstić information content (AvgIpc) is 2.39. The van der Waals surface area contributed by atoms with Gasteiger partial charge in [-0.15, -0.1) is 0 Å². The minimum Gasteiger partial charge on any atom is -0.294 e. The maximum absolute atomic E-state index is 2.57. The summed E-state index contributed by atoms with van der Waals surface area (Å²) in [4.78, 5) is 2.57. The van der Waals surface area contributed by atoms with E-state index in [9.17, 15) is 0 Å². The molecule has 0 unspecified atom stereocenters. The molecule has 1 heteroatoms. The van der Waals surface area contributed by atoms with Gasteiger partial charge in [0.05, 0.1) is 0 Å². The van der Waals surface area contributed by atoms with Crippen LogP contribution < -0.4 is 0 Å². The molecule has 0 aromatic heterocycles. The van der Waals surface area contributed by atoms with Gasteiger partial charge < -0.3 is 0 Å². The van der Waals surface area contributed by atoms with Crippen molar-refractivity contribution in [2.24, 2.45) is 0 Å². The minimum absolute atomic E-state index is 0.276. The third-order valence-corrected chi connectivity index (χ3v) is 3.99. The van der Waals surface area contributed by atoms with E-state index in [1.165, 1.54) is 36.1 Å². The van der Waals surface area contributed by atoms with E-state index in [4.69, 9.17) is 0 Å². The first-order valence-electron chi connectivity index (χ1n) is 8.30. The topological polar surface area (TPSA) is 3.24 Å². The fourth-order valence-electron chi connectivity index (χ4n) is 2.77. The molecule has 1 nitrogen and oxygen atoms in total. The van der Waals surface area contributed by atoms with Gasteiger partial charge in [0.1, 0.15) is 0 Å². The van der Waals surface area contributed by atoms with E-state index in [1.54, 1.807) is 5.57 Å². The zero-order chi connectivity index (χ0) is 16.0. The molecule has 2 rings (SSSR count). The number of nitrogens with zero attached hydrogens (tertiary/aromatic N) is 1. The van der Waals surface area contributed by atoms with E-state index < -0.39 is 0 Å². The molecule has 0 atom stereocenters. The Labute approximate surface area is 132 Å². The standard InChI is InChI=1S/C17H25N.C3H8/c1-13-8-6-7-9-15(13)16-10-11-18(12-14(16)2)17(3,4)5;1-3-2/h6-9H,10-12H2,1-5H3;3H2,1-2H3. The van der Waals surface area contributed by atoms with Crippen molar-refractivity contribution in [2.75, 3.05) is 13.1 Å². The Balaban J connectivity index is 0.000000677. The molecule has 0 radical (unpaired) electrons. The number of rotatable bonds is 1. The molecule has 1 heterocycles. The Morgan fingerprint density at radius 3 is 2.10 bits per heavy atom. The van der Waals surface area contributed by atoms with Crippen LogP contribution >= 0.6 is 0 Å². The van der Waals surface area contributed by atoms with Crippen molar-refractivity contribution in [1.82, 2.24) is 4.90 Å². The highest BCUT2D eigenvalue weighted by molar-refractivity contribution is 5.71. The summed E-state index contributed by atoms with van der Waals surface area (Å²) in [5, 5.41) is 0. The van der Waals surface area contributed by atoms with Gasteiger partial charge in [0.2, 0.25) is 0 Å². The summed E-state index contributed by atoms with van der Waals surface area (Å²) < 4.78 is 0. The van der Waals surface area contributed by atoms with Gasteiger partial charge in [0, 0.05) is 18.6 Å². The van der Waals surface area contributed by atoms with Crippen molar-refractivity contribution in [1.29, 1.82) is 0 Å². The number of aryl methyl sites for hydroxylation is 1. The third-order valence-electron chi connectivity index (χ3n) is 3.99. The van der Waals surface area contributed by atoms with Crippen LogP contribution in [0.4, 0.5) is 0 Å². The molecule has 0 bridgehead atoms. The van der Waals surface area contributed by atoms with Crippen LogP contribution in [0.3, 0.4) is 0 Å². The molecule has 118 valence electrons. The van der Waals surface area contributed by atoms with Crippen LogP contribution in [0, 0.1) is 6.92 Å². The molecule has 0 N–H and O–H groups in total. The first kappa shape index (κ1) is 18.0. The lowest BCUT2D eigenvalue weighted by Gasteiger charge is -2.39. The smallest absolute Gasteiger partial charge is 0.0201 e. The van der Waals surface area contributed by atoms with Gasteiger partial charge in [-0.3, -0.25) is 4.90 Å². The maximum Gasteiger partial charge on any atom is 0.0201 e. The van der Waals surface area contributed by atoms with E-state index >= 15 is 0 Å².